The number of carbonyl (C=O) groups excluding carboxylic acids is 2. The zero-order chi connectivity index (χ0) is 22.9. The van der Waals surface area contributed by atoms with E-state index >= 15 is 0 Å². The van der Waals surface area contributed by atoms with Crippen LogP contribution < -0.4 is 14.7 Å². The van der Waals surface area contributed by atoms with Gasteiger partial charge in [-0.05, 0) is 60.5 Å². The van der Waals surface area contributed by atoms with Gasteiger partial charge in [-0.3, -0.25) is 14.4 Å². The lowest BCUT2D eigenvalue weighted by atomic mass is 9.90. The van der Waals surface area contributed by atoms with Gasteiger partial charge < -0.3 is 4.74 Å². The smallest absolute Gasteiger partial charge is 0.266 e. The average molecular weight is 463 g/mol. The van der Waals surface area contributed by atoms with Crippen LogP contribution in [0.5, 0.6) is 5.75 Å². The largest absolute Gasteiger partial charge is 0.494 e. The summed E-state index contributed by atoms with van der Waals surface area (Å²) in [6.45, 7) is 2.64. The Morgan fingerprint density at radius 3 is 2.36 bits per heavy atom. The minimum Gasteiger partial charge on any atom is -0.494 e. The molecule has 3 aromatic rings. The van der Waals surface area contributed by atoms with E-state index in [1.807, 2.05) is 55.5 Å². The van der Waals surface area contributed by atoms with Crippen molar-refractivity contribution in [3.63, 3.8) is 0 Å². The summed E-state index contributed by atoms with van der Waals surface area (Å²) >= 11 is 6.27. The fourth-order valence-electron chi connectivity index (χ4n) is 4.41. The average Bonchev–Trinajstić information content (AvgIpc) is 3.35. The maximum Gasteiger partial charge on any atom is 0.266 e. The maximum atomic E-state index is 13.6. The number of anilines is 2. The highest BCUT2D eigenvalue weighted by Crippen LogP contribution is 2.47. The molecule has 3 aromatic carbocycles. The Kier molecular flexibility index (Phi) is 5.79. The van der Waals surface area contributed by atoms with Gasteiger partial charge in [0, 0.05) is 5.02 Å². The third kappa shape index (κ3) is 3.86. The van der Waals surface area contributed by atoms with Gasteiger partial charge in [0.1, 0.15) is 11.7 Å². The Morgan fingerprint density at radius 1 is 0.909 bits per heavy atom. The third-order valence-corrected chi connectivity index (χ3v) is 6.12. The molecule has 2 saturated heterocycles. The van der Waals surface area contributed by atoms with E-state index in [-0.39, 0.29) is 11.8 Å². The van der Waals surface area contributed by atoms with Crippen molar-refractivity contribution >= 4 is 34.8 Å². The van der Waals surface area contributed by atoms with Gasteiger partial charge in [0.15, 0.2) is 6.10 Å². The molecule has 0 aromatic heterocycles. The lowest BCUT2D eigenvalue weighted by Crippen LogP contribution is -2.37. The number of imide groups is 1. The standard InChI is InChI=1S/C26H23ClN2O4/c1-2-15-32-21-13-11-19(12-14-21)28-25(30)22-23(17-7-6-8-18(27)16-17)29(33-24(22)26(28)31)20-9-4-3-5-10-20/h3-14,16,22-24H,2,15H2,1H3/t22-,23-,24+/m0/s1. The van der Waals surface area contributed by atoms with E-state index in [0.717, 1.165) is 17.7 Å². The van der Waals surface area contributed by atoms with Crippen molar-refractivity contribution < 1.29 is 19.2 Å². The van der Waals surface area contributed by atoms with Gasteiger partial charge in [0.05, 0.1) is 24.0 Å². The summed E-state index contributed by atoms with van der Waals surface area (Å²) in [4.78, 5) is 34.4. The first-order chi connectivity index (χ1) is 16.1. The fraction of sp³-hybridized carbons (Fsp3) is 0.231. The summed E-state index contributed by atoms with van der Waals surface area (Å²) in [6.07, 6.45) is -0.0216. The van der Waals surface area contributed by atoms with Crippen LogP contribution in [0.25, 0.3) is 0 Å². The zero-order valence-corrected chi connectivity index (χ0v) is 18.8. The Morgan fingerprint density at radius 2 is 1.67 bits per heavy atom. The number of ether oxygens (including phenoxy) is 1. The number of rotatable bonds is 6. The summed E-state index contributed by atoms with van der Waals surface area (Å²) in [6, 6.07) is 23.3. The molecule has 0 N–H and O–H groups in total. The number of hydrogen-bond donors (Lipinski definition) is 0. The van der Waals surface area contributed by atoms with E-state index < -0.39 is 18.1 Å². The molecule has 6 nitrogen and oxygen atoms in total. The van der Waals surface area contributed by atoms with Crippen LogP contribution in [0.3, 0.4) is 0 Å². The minimum atomic E-state index is -0.919. The van der Waals surface area contributed by atoms with Gasteiger partial charge in [-0.25, -0.2) is 9.96 Å². The van der Waals surface area contributed by atoms with Crippen LogP contribution in [0.4, 0.5) is 11.4 Å². The number of nitrogens with zero attached hydrogens (tertiary/aromatic N) is 2. The van der Waals surface area contributed by atoms with Crippen LogP contribution in [-0.2, 0) is 14.4 Å². The number of hydrogen-bond acceptors (Lipinski definition) is 5. The first-order valence-corrected chi connectivity index (χ1v) is 11.3. The number of halogens is 1. The predicted molar refractivity (Wildman–Crippen MR) is 126 cm³/mol. The lowest BCUT2D eigenvalue weighted by Gasteiger charge is -2.28. The second-order valence-corrected chi connectivity index (χ2v) is 8.50. The Bertz CT molecular complexity index is 1170. The molecule has 168 valence electrons. The highest BCUT2D eigenvalue weighted by atomic mass is 35.5. The highest BCUT2D eigenvalue weighted by molar-refractivity contribution is 6.30. The molecule has 0 spiro atoms. The molecule has 0 saturated carbocycles. The van der Waals surface area contributed by atoms with E-state index in [4.69, 9.17) is 21.2 Å². The third-order valence-electron chi connectivity index (χ3n) is 5.88. The van der Waals surface area contributed by atoms with E-state index in [1.165, 1.54) is 4.90 Å². The maximum absolute atomic E-state index is 13.6. The topological polar surface area (TPSA) is 59.1 Å². The van der Waals surface area contributed by atoms with Gasteiger partial charge in [0.25, 0.3) is 5.91 Å². The van der Waals surface area contributed by atoms with Gasteiger partial charge in [-0.15, -0.1) is 0 Å². The van der Waals surface area contributed by atoms with Crippen molar-refractivity contribution in [3.05, 3.63) is 89.4 Å². The van der Waals surface area contributed by atoms with E-state index in [2.05, 4.69) is 0 Å². The lowest BCUT2D eigenvalue weighted by molar-refractivity contribution is -0.126. The van der Waals surface area contributed by atoms with E-state index in [0.29, 0.717) is 23.1 Å². The first-order valence-electron chi connectivity index (χ1n) is 11.0. The summed E-state index contributed by atoms with van der Waals surface area (Å²) in [7, 11) is 0. The summed E-state index contributed by atoms with van der Waals surface area (Å²) in [5.74, 6) is -0.677. The molecule has 33 heavy (non-hydrogen) atoms. The van der Waals surface area contributed by atoms with Gasteiger partial charge >= 0.3 is 0 Å². The SMILES string of the molecule is CCCOc1ccc(N2C(=O)[C@@H]3[C@@H](ON(c4ccccc4)[C@H]3c3cccc(Cl)c3)C2=O)cc1. The summed E-state index contributed by atoms with van der Waals surface area (Å²) in [5.41, 5.74) is 2.08. The normalized spacial score (nSPS) is 22.1. The number of benzene rings is 3. The van der Waals surface area contributed by atoms with Gasteiger partial charge in [0.2, 0.25) is 5.91 Å². The number of amides is 2. The molecular formula is C26H23ClN2O4. The molecule has 2 heterocycles. The molecule has 2 aliphatic rings. The molecule has 3 atom stereocenters. The Balaban J connectivity index is 1.50. The number of hydroxylamine groups is 1. The number of fused-ring (bicyclic) bond motifs is 1. The Hall–Kier alpha value is -3.35. The van der Waals surface area contributed by atoms with Crippen molar-refractivity contribution in [1.82, 2.24) is 0 Å². The molecule has 2 amide bonds. The molecule has 0 aliphatic carbocycles. The van der Waals surface area contributed by atoms with E-state index in [9.17, 15) is 9.59 Å². The van der Waals surface area contributed by atoms with Crippen LogP contribution in [0, 0.1) is 5.92 Å². The van der Waals surface area contributed by atoms with Crippen LogP contribution in [0.15, 0.2) is 78.9 Å². The monoisotopic (exact) mass is 462 g/mol. The zero-order valence-electron chi connectivity index (χ0n) is 18.1. The highest BCUT2D eigenvalue weighted by Gasteiger charge is 2.60. The van der Waals surface area contributed by atoms with E-state index in [1.54, 1.807) is 35.4 Å². The van der Waals surface area contributed by atoms with Crippen LogP contribution in [0.2, 0.25) is 5.02 Å². The number of para-hydroxylation sites is 1. The molecule has 0 unspecified atom stereocenters. The number of carbonyl (C=O) groups is 2. The minimum absolute atomic E-state index is 0.296. The second kappa shape index (κ2) is 8.89. The van der Waals surface area contributed by atoms with Crippen LogP contribution in [-0.4, -0.2) is 24.5 Å². The quantitative estimate of drug-likeness (QED) is 0.472. The molecule has 2 fully saturated rings. The second-order valence-electron chi connectivity index (χ2n) is 8.07. The van der Waals surface area contributed by atoms with Crippen LogP contribution >= 0.6 is 11.6 Å². The van der Waals surface area contributed by atoms with Crippen LogP contribution in [0.1, 0.15) is 24.9 Å². The molecule has 2 aliphatic heterocycles. The Labute approximate surface area is 197 Å². The molecule has 0 bridgehead atoms. The molecule has 7 heteroatoms. The summed E-state index contributed by atoms with van der Waals surface area (Å²) < 4.78 is 5.62. The van der Waals surface area contributed by atoms with Crippen molar-refractivity contribution in [2.75, 3.05) is 16.6 Å². The molecule has 5 rings (SSSR count). The summed E-state index contributed by atoms with van der Waals surface area (Å²) in [5, 5.41) is 2.22. The van der Waals surface area contributed by atoms with Crippen molar-refractivity contribution in [2.24, 2.45) is 5.92 Å². The van der Waals surface area contributed by atoms with Crippen molar-refractivity contribution in [3.8, 4) is 5.75 Å². The predicted octanol–water partition coefficient (Wildman–Crippen LogP) is 5.18. The van der Waals surface area contributed by atoms with Crippen molar-refractivity contribution in [1.29, 1.82) is 0 Å². The van der Waals surface area contributed by atoms with Crippen molar-refractivity contribution in [2.45, 2.75) is 25.5 Å². The van der Waals surface area contributed by atoms with Gasteiger partial charge in [-0.1, -0.05) is 48.9 Å². The molecule has 0 radical (unpaired) electrons. The molecular weight excluding hydrogens is 440 g/mol. The van der Waals surface area contributed by atoms with Gasteiger partial charge in [-0.2, -0.15) is 0 Å². The first kappa shape index (κ1) is 21.5. The fourth-order valence-corrected chi connectivity index (χ4v) is 4.61.